The highest BCUT2D eigenvalue weighted by molar-refractivity contribution is 5.88. The van der Waals surface area contributed by atoms with Crippen LogP contribution in [-0.2, 0) is 14.3 Å². The Kier molecular flexibility index (Phi) is 10.3. The lowest BCUT2D eigenvalue weighted by molar-refractivity contribution is -0.175. The molecule has 4 nitrogen and oxygen atoms in total. The summed E-state index contributed by atoms with van der Waals surface area (Å²) in [6.45, 7) is 5.77. The smallest absolute Gasteiger partial charge is 0.464 e. The van der Waals surface area contributed by atoms with Gasteiger partial charge in [-0.3, -0.25) is 4.79 Å². The monoisotopic (exact) mass is 337 g/mol. The van der Waals surface area contributed by atoms with Gasteiger partial charge >= 0.3 is 18.1 Å². The fraction of sp³-hybridized carbons (Fsp3) is 0.750. The van der Waals surface area contributed by atoms with Crippen LogP contribution in [0.25, 0.3) is 0 Å². The lowest BCUT2D eigenvalue weighted by Crippen LogP contribution is -2.46. The van der Waals surface area contributed by atoms with E-state index in [1.54, 1.807) is 25.2 Å². The average Bonchev–Trinajstić information content (AvgIpc) is 2.45. The van der Waals surface area contributed by atoms with E-state index in [1.165, 1.54) is 6.08 Å². The number of amides is 1. The first-order valence-corrected chi connectivity index (χ1v) is 7.89. The van der Waals surface area contributed by atoms with Crippen molar-refractivity contribution in [1.82, 2.24) is 5.32 Å². The van der Waals surface area contributed by atoms with Gasteiger partial charge in [0.2, 0.25) is 0 Å². The maximum atomic E-state index is 12.3. The molecular weight excluding hydrogens is 311 g/mol. The number of rotatable bonds is 10. The number of carbonyl (C=O) groups excluding carboxylic acids is 2. The van der Waals surface area contributed by atoms with Crippen molar-refractivity contribution in [2.75, 3.05) is 6.61 Å². The Morgan fingerprint density at radius 2 is 1.83 bits per heavy atom. The number of alkyl halides is 3. The van der Waals surface area contributed by atoms with Crippen LogP contribution in [0.5, 0.6) is 0 Å². The van der Waals surface area contributed by atoms with Crippen molar-refractivity contribution in [3.63, 3.8) is 0 Å². The average molecular weight is 337 g/mol. The molecule has 0 aliphatic heterocycles. The van der Waals surface area contributed by atoms with Crippen LogP contribution < -0.4 is 5.32 Å². The van der Waals surface area contributed by atoms with E-state index in [2.05, 4.69) is 6.92 Å². The molecule has 1 amide bonds. The molecule has 0 spiro atoms. The largest absolute Gasteiger partial charge is 0.471 e. The van der Waals surface area contributed by atoms with Crippen molar-refractivity contribution in [3.8, 4) is 0 Å². The van der Waals surface area contributed by atoms with Gasteiger partial charge in [-0.25, -0.2) is 4.79 Å². The standard InChI is InChI=1S/C16H26F3NO3/c1-4-5-6-7-8-9-10-13(14(21)23-11-12(2)3)20-15(22)16(17,18)19/h9-10,12-13H,4-8,11H2,1-3H3,(H,20,22)/b10-9+. The summed E-state index contributed by atoms with van der Waals surface area (Å²) in [5.74, 6) is -2.99. The van der Waals surface area contributed by atoms with Gasteiger partial charge in [0.25, 0.3) is 0 Å². The zero-order chi connectivity index (χ0) is 17.9. The Morgan fingerprint density at radius 1 is 1.17 bits per heavy atom. The molecule has 134 valence electrons. The van der Waals surface area contributed by atoms with Crippen LogP contribution in [0.2, 0.25) is 0 Å². The van der Waals surface area contributed by atoms with E-state index in [0.717, 1.165) is 25.7 Å². The maximum Gasteiger partial charge on any atom is 0.471 e. The van der Waals surface area contributed by atoms with Gasteiger partial charge in [0.15, 0.2) is 0 Å². The summed E-state index contributed by atoms with van der Waals surface area (Å²) in [6, 6.07) is -1.42. The van der Waals surface area contributed by atoms with E-state index < -0.39 is 24.1 Å². The van der Waals surface area contributed by atoms with Crippen molar-refractivity contribution in [2.24, 2.45) is 5.92 Å². The third-order valence-corrected chi connectivity index (χ3v) is 2.91. The molecule has 0 aliphatic rings. The van der Waals surface area contributed by atoms with Gasteiger partial charge in [-0.15, -0.1) is 0 Å². The van der Waals surface area contributed by atoms with Crippen LogP contribution in [0.3, 0.4) is 0 Å². The first kappa shape index (κ1) is 21.5. The highest BCUT2D eigenvalue weighted by atomic mass is 19.4. The van der Waals surface area contributed by atoms with Crippen LogP contribution in [-0.4, -0.2) is 30.7 Å². The Balaban J connectivity index is 4.63. The number of allylic oxidation sites excluding steroid dienone is 1. The molecule has 1 atom stereocenters. The van der Waals surface area contributed by atoms with Gasteiger partial charge in [0.1, 0.15) is 6.04 Å². The summed E-state index contributed by atoms with van der Waals surface area (Å²) < 4.78 is 41.9. The maximum absolute atomic E-state index is 12.3. The van der Waals surface area contributed by atoms with Crippen molar-refractivity contribution >= 4 is 11.9 Å². The second-order valence-corrected chi connectivity index (χ2v) is 5.75. The molecule has 0 rings (SSSR count). The first-order chi connectivity index (χ1) is 10.7. The number of unbranched alkanes of at least 4 members (excludes halogenated alkanes) is 4. The molecular formula is C16H26F3NO3. The molecule has 0 aromatic rings. The SMILES string of the molecule is CCCCCC/C=C/C(NC(=O)C(F)(F)F)C(=O)OCC(C)C. The second kappa shape index (κ2) is 11.1. The fourth-order valence-corrected chi connectivity index (χ4v) is 1.67. The zero-order valence-electron chi connectivity index (χ0n) is 13.9. The van der Waals surface area contributed by atoms with E-state index in [1.807, 2.05) is 0 Å². The van der Waals surface area contributed by atoms with E-state index in [-0.39, 0.29) is 12.5 Å². The molecule has 0 saturated carbocycles. The lowest BCUT2D eigenvalue weighted by Gasteiger charge is -2.16. The van der Waals surface area contributed by atoms with Crippen molar-refractivity contribution in [1.29, 1.82) is 0 Å². The highest BCUT2D eigenvalue weighted by Gasteiger charge is 2.40. The van der Waals surface area contributed by atoms with Crippen molar-refractivity contribution in [3.05, 3.63) is 12.2 Å². The molecule has 0 saturated heterocycles. The topological polar surface area (TPSA) is 55.4 Å². The summed E-state index contributed by atoms with van der Waals surface area (Å²) in [5.41, 5.74) is 0. The third-order valence-electron chi connectivity index (χ3n) is 2.91. The van der Waals surface area contributed by atoms with E-state index in [0.29, 0.717) is 6.42 Å². The molecule has 7 heteroatoms. The minimum Gasteiger partial charge on any atom is -0.464 e. The minimum atomic E-state index is -5.04. The zero-order valence-corrected chi connectivity index (χ0v) is 13.9. The Hall–Kier alpha value is -1.53. The lowest BCUT2D eigenvalue weighted by atomic mass is 10.1. The van der Waals surface area contributed by atoms with Gasteiger partial charge in [0, 0.05) is 0 Å². The number of esters is 1. The van der Waals surface area contributed by atoms with Crippen LogP contribution in [0.15, 0.2) is 12.2 Å². The number of hydrogen-bond donors (Lipinski definition) is 1. The van der Waals surface area contributed by atoms with Crippen LogP contribution in [0.1, 0.15) is 52.9 Å². The van der Waals surface area contributed by atoms with E-state index in [9.17, 15) is 22.8 Å². The van der Waals surface area contributed by atoms with Gasteiger partial charge in [-0.2, -0.15) is 13.2 Å². The molecule has 1 unspecified atom stereocenters. The number of hydrogen-bond acceptors (Lipinski definition) is 3. The molecule has 0 radical (unpaired) electrons. The molecule has 0 aliphatic carbocycles. The number of carbonyl (C=O) groups is 2. The van der Waals surface area contributed by atoms with Crippen molar-refractivity contribution < 1.29 is 27.5 Å². The quantitative estimate of drug-likeness (QED) is 0.375. The van der Waals surface area contributed by atoms with Gasteiger partial charge in [0.05, 0.1) is 6.61 Å². The van der Waals surface area contributed by atoms with Gasteiger partial charge in [-0.05, 0) is 18.8 Å². The molecule has 0 fully saturated rings. The minimum absolute atomic E-state index is 0.0518. The predicted molar refractivity (Wildman–Crippen MR) is 81.7 cm³/mol. The summed E-state index contributed by atoms with van der Waals surface area (Å²) in [6.07, 6.45) is 2.52. The van der Waals surface area contributed by atoms with E-state index >= 15 is 0 Å². The third kappa shape index (κ3) is 10.8. The summed E-state index contributed by atoms with van der Waals surface area (Å²) in [5, 5.41) is 1.66. The van der Waals surface area contributed by atoms with E-state index in [4.69, 9.17) is 4.74 Å². The predicted octanol–water partition coefficient (Wildman–Crippen LogP) is 3.76. The molecule has 0 bridgehead atoms. The number of halogens is 3. The molecule has 0 heterocycles. The Bertz CT molecular complexity index is 393. The second-order valence-electron chi connectivity index (χ2n) is 5.75. The van der Waals surface area contributed by atoms with Crippen LogP contribution >= 0.6 is 0 Å². The highest BCUT2D eigenvalue weighted by Crippen LogP contribution is 2.15. The molecule has 23 heavy (non-hydrogen) atoms. The summed E-state index contributed by atoms with van der Waals surface area (Å²) in [4.78, 5) is 22.8. The summed E-state index contributed by atoms with van der Waals surface area (Å²) >= 11 is 0. The van der Waals surface area contributed by atoms with Gasteiger partial charge < -0.3 is 10.1 Å². The Labute approximate surface area is 135 Å². The van der Waals surface area contributed by atoms with Gasteiger partial charge in [-0.1, -0.05) is 52.2 Å². The fourth-order valence-electron chi connectivity index (χ4n) is 1.67. The van der Waals surface area contributed by atoms with Crippen molar-refractivity contribution in [2.45, 2.75) is 65.1 Å². The molecule has 0 aromatic heterocycles. The summed E-state index contributed by atoms with van der Waals surface area (Å²) in [7, 11) is 0. The molecule has 0 aromatic carbocycles. The van der Waals surface area contributed by atoms with Crippen LogP contribution in [0, 0.1) is 5.92 Å². The van der Waals surface area contributed by atoms with Crippen LogP contribution in [0.4, 0.5) is 13.2 Å². The number of ether oxygens (including phenoxy) is 1. The number of nitrogens with one attached hydrogen (secondary N) is 1. The Morgan fingerprint density at radius 3 is 2.35 bits per heavy atom. The first-order valence-electron chi connectivity index (χ1n) is 7.89. The normalized spacial score (nSPS) is 13.3. The molecule has 1 N–H and O–H groups in total.